The zero-order chi connectivity index (χ0) is 16.4. The van der Waals surface area contributed by atoms with E-state index in [2.05, 4.69) is 39.8 Å². The molecule has 0 aliphatic carbocycles. The van der Waals surface area contributed by atoms with Gasteiger partial charge in [-0.05, 0) is 12.3 Å². The molecule has 0 saturated carbocycles. The number of anilines is 1. The number of aromatic nitrogens is 1. The first kappa shape index (κ1) is 22.4. The Bertz CT molecular complexity index is 451. The van der Waals surface area contributed by atoms with E-state index < -0.39 is 0 Å². The summed E-state index contributed by atoms with van der Waals surface area (Å²) < 4.78 is 5.57. The van der Waals surface area contributed by atoms with Gasteiger partial charge in [0.05, 0.1) is 18.8 Å². The van der Waals surface area contributed by atoms with Gasteiger partial charge in [-0.2, -0.15) is 0 Å². The van der Waals surface area contributed by atoms with Crippen molar-refractivity contribution in [3.63, 3.8) is 0 Å². The maximum Gasteiger partial charge on any atom is 0.191 e. The van der Waals surface area contributed by atoms with Crippen molar-refractivity contribution < 1.29 is 4.74 Å². The lowest BCUT2D eigenvalue weighted by atomic mass is 10.1. The van der Waals surface area contributed by atoms with Crippen LogP contribution in [-0.2, 0) is 11.3 Å². The number of ether oxygens (including phenoxy) is 1. The number of nitrogens with zero attached hydrogens (tertiary/aromatic N) is 3. The third-order valence-electron chi connectivity index (χ3n) is 2.96. The highest BCUT2D eigenvalue weighted by Gasteiger charge is 2.04. The average Bonchev–Trinajstić information content (AvgIpc) is 2.94. The van der Waals surface area contributed by atoms with Gasteiger partial charge >= 0.3 is 0 Å². The Morgan fingerprint density at radius 2 is 2.09 bits per heavy atom. The van der Waals surface area contributed by atoms with Crippen LogP contribution in [0.3, 0.4) is 0 Å². The minimum atomic E-state index is 0. The Labute approximate surface area is 161 Å². The Balaban J connectivity index is 0.00000484. The summed E-state index contributed by atoms with van der Waals surface area (Å²) in [6.07, 6.45) is 1.10. The van der Waals surface area contributed by atoms with Crippen LogP contribution in [0.4, 0.5) is 5.13 Å². The summed E-state index contributed by atoms with van der Waals surface area (Å²) in [5, 5.41) is 9.57. The molecule has 0 saturated heterocycles. The molecule has 0 amide bonds. The molecule has 1 aromatic heterocycles. The van der Waals surface area contributed by atoms with Crippen molar-refractivity contribution in [2.45, 2.75) is 26.8 Å². The van der Waals surface area contributed by atoms with Crippen molar-refractivity contribution in [1.82, 2.24) is 15.6 Å². The molecule has 0 atom stereocenters. The van der Waals surface area contributed by atoms with Crippen molar-refractivity contribution >= 4 is 46.4 Å². The number of hydrogen-bond acceptors (Lipinski definition) is 5. The van der Waals surface area contributed by atoms with Gasteiger partial charge in [-0.25, -0.2) is 4.98 Å². The largest absolute Gasteiger partial charge is 0.380 e. The summed E-state index contributed by atoms with van der Waals surface area (Å²) in [7, 11) is 5.76. The van der Waals surface area contributed by atoms with Gasteiger partial charge in [-0.3, -0.25) is 4.99 Å². The second-order valence-electron chi connectivity index (χ2n) is 5.66. The molecule has 6 nitrogen and oxygen atoms in total. The van der Waals surface area contributed by atoms with Crippen LogP contribution in [0.15, 0.2) is 10.4 Å². The van der Waals surface area contributed by atoms with E-state index in [4.69, 9.17) is 4.74 Å². The fraction of sp³-hybridized carbons (Fsp3) is 0.733. The fourth-order valence-corrected chi connectivity index (χ4v) is 2.40. The van der Waals surface area contributed by atoms with Crippen LogP contribution in [0.25, 0.3) is 0 Å². The van der Waals surface area contributed by atoms with Gasteiger partial charge in [-0.1, -0.05) is 13.8 Å². The lowest BCUT2D eigenvalue weighted by Gasteiger charge is -2.12. The van der Waals surface area contributed by atoms with E-state index in [9.17, 15) is 0 Å². The van der Waals surface area contributed by atoms with Crippen molar-refractivity contribution in [1.29, 1.82) is 0 Å². The fourth-order valence-electron chi connectivity index (χ4n) is 1.64. The molecule has 0 unspecified atom stereocenters. The minimum Gasteiger partial charge on any atom is -0.380 e. The summed E-state index contributed by atoms with van der Waals surface area (Å²) in [6.45, 7) is 7.32. The SMILES string of the molecule is CN=C(NCCOCCC(C)C)NCc1csc(N(C)C)n1.I. The first-order valence-electron chi connectivity index (χ1n) is 7.67. The maximum absolute atomic E-state index is 5.57. The quantitative estimate of drug-likeness (QED) is 0.260. The molecule has 0 radical (unpaired) electrons. The molecule has 0 aliphatic rings. The van der Waals surface area contributed by atoms with Crippen LogP contribution >= 0.6 is 35.3 Å². The maximum atomic E-state index is 5.57. The van der Waals surface area contributed by atoms with E-state index in [1.54, 1.807) is 18.4 Å². The van der Waals surface area contributed by atoms with E-state index in [-0.39, 0.29) is 24.0 Å². The highest BCUT2D eigenvalue weighted by molar-refractivity contribution is 14.0. The third kappa shape index (κ3) is 9.98. The van der Waals surface area contributed by atoms with Crippen LogP contribution < -0.4 is 15.5 Å². The second kappa shape index (κ2) is 12.8. The number of rotatable bonds is 9. The monoisotopic (exact) mass is 455 g/mol. The van der Waals surface area contributed by atoms with Gasteiger partial charge in [0.1, 0.15) is 0 Å². The van der Waals surface area contributed by atoms with Gasteiger partial charge in [0.2, 0.25) is 0 Å². The summed E-state index contributed by atoms with van der Waals surface area (Å²) in [4.78, 5) is 10.7. The number of hydrogen-bond donors (Lipinski definition) is 2. The summed E-state index contributed by atoms with van der Waals surface area (Å²) in [5.41, 5.74) is 1.02. The molecule has 0 aliphatic heterocycles. The third-order valence-corrected chi connectivity index (χ3v) is 4.02. The Hall–Kier alpha value is -0.610. The summed E-state index contributed by atoms with van der Waals surface area (Å²) in [5.74, 6) is 1.46. The van der Waals surface area contributed by atoms with Crippen LogP contribution in [0, 0.1) is 5.92 Å². The van der Waals surface area contributed by atoms with E-state index in [1.807, 2.05) is 19.0 Å². The van der Waals surface area contributed by atoms with Gasteiger partial charge in [0, 0.05) is 39.7 Å². The van der Waals surface area contributed by atoms with Gasteiger partial charge in [-0.15, -0.1) is 35.3 Å². The van der Waals surface area contributed by atoms with Crippen molar-refractivity contribution in [3.8, 4) is 0 Å². The number of thiazole rings is 1. The highest BCUT2D eigenvalue weighted by Crippen LogP contribution is 2.17. The zero-order valence-corrected chi connectivity index (χ0v) is 17.9. The minimum absolute atomic E-state index is 0. The highest BCUT2D eigenvalue weighted by atomic mass is 127. The topological polar surface area (TPSA) is 61.8 Å². The van der Waals surface area contributed by atoms with Crippen molar-refractivity contribution in [3.05, 3.63) is 11.1 Å². The molecule has 0 spiro atoms. The van der Waals surface area contributed by atoms with Gasteiger partial charge in [0.15, 0.2) is 11.1 Å². The smallest absolute Gasteiger partial charge is 0.191 e. The standard InChI is InChI=1S/C15H29N5OS.HI/c1-12(2)6-8-21-9-7-17-14(16-3)18-10-13-11-22-15(19-13)20(4)5;/h11-12H,6-10H2,1-5H3,(H2,16,17,18);1H. The molecule has 23 heavy (non-hydrogen) atoms. The normalized spacial score (nSPS) is 11.3. The first-order valence-corrected chi connectivity index (χ1v) is 8.55. The Morgan fingerprint density at radius 1 is 1.35 bits per heavy atom. The second-order valence-corrected chi connectivity index (χ2v) is 6.50. The number of halogens is 1. The molecular weight excluding hydrogens is 425 g/mol. The van der Waals surface area contributed by atoms with Gasteiger partial charge in [0.25, 0.3) is 0 Å². The molecule has 0 bridgehead atoms. The molecule has 134 valence electrons. The predicted molar refractivity (Wildman–Crippen MR) is 110 cm³/mol. The number of guanidine groups is 1. The molecule has 8 heteroatoms. The zero-order valence-electron chi connectivity index (χ0n) is 14.8. The summed E-state index contributed by atoms with van der Waals surface area (Å²) >= 11 is 1.64. The molecule has 1 aromatic rings. The first-order chi connectivity index (χ1) is 10.5. The van der Waals surface area contributed by atoms with E-state index in [1.165, 1.54) is 0 Å². The van der Waals surface area contributed by atoms with Crippen LogP contribution in [0.2, 0.25) is 0 Å². The number of nitrogens with one attached hydrogen (secondary N) is 2. The van der Waals surface area contributed by atoms with Crippen molar-refractivity contribution in [2.24, 2.45) is 10.9 Å². The average molecular weight is 455 g/mol. The van der Waals surface area contributed by atoms with E-state index in [0.717, 1.165) is 36.4 Å². The summed E-state index contributed by atoms with van der Waals surface area (Å²) in [6, 6.07) is 0. The van der Waals surface area contributed by atoms with E-state index in [0.29, 0.717) is 19.1 Å². The van der Waals surface area contributed by atoms with Gasteiger partial charge < -0.3 is 20.3 Å². The van der Waals surface area contributed by atoms with Crippen molar-refractivity contribution in [2.75, 3.05) is 45.8 Å². The number of aliphatic imine (C=N–C) groups is 1. The lowest BCUT2D eigenvalue weighted by Crippen LogP contribution is -2.38. The molecule has 1 heterocycles. The molecule has 1 rings (SSSR count). The molecule has 2 N–H and O–H groups in total. The lowest BCUT2D eigenvalue weighted by molar-refractivity contribution is 0.128. The predicted octanol–water partition coefficient (Wildman–Crippen LogP) is 2.55. The Kier molecular flexibility index (Phi) is 12.4. The molecular formula is C15H30IN5OS. The van der Waals surface area contributed by atoms with Crippen LogP contribution in [0.5, 0.6) is 0 Å². The van der Waals surface area contributed by atoms with Crippen LogP contribution in [-0.4, -0.2) is 51.8 Å². The Morgan fingerprint density at radius 3 is 2.65 bits per heavy atom. The van der Waals surface area contributed by atoms with Crippen LogP contribution in [0.1, 0.15) is 26.0 Å². The molecule has 0 aromatic carbocycles. The van der Waals surface area contributed by atoms with E-state index >= 15 is 0 Å². The molecule has 0 fully saturated rings.